The van der Waals surface area contributed by atoms with Gasteiger partial charge in [0.2, 0.25) is 0 Å². The molecule has 1 aromatic heterocycles. The molecule has 21 heavy (non-hydrogen) atoms. The second-order valence-corrected chi connectivity index (χ2v) is 5.33. The number of hydrogen-bond acceptors (Lipinski definition) is 3. The second-order valence-electron chi connectivity index (χ2n) is 4.92. The van der Waals surface area contributed by atoms with E-state index in [1.54, 1.807) is 18.2 Å². The minimum absolute atomic E-state index is 0.194. The van der Waals surface area contributed by atoms with Crippen LogP contribution in [0.4, 0.5) is 5.69 Å². The van der Waals surface area contributed by atoms with E-state index in [9.17, 15) is 5.11 Å². The van der Waals surface area contributed by atoms with Gasteiger partial charge in [-0.15, -0.1) is 0 Å². The number of phenols is 1. The maximum atomic E-state index is 9.89. The third-order valence-electron chi connectivity index (χ3n) is 3.41. The molecule has 4 heteroatoms. The number of fused-ring (bicyclic) bond motifs is 1. The SMILES string of the molecule is Cc1ccc2cccc(NCc3c(O)cccc3Cl)c2n1. The fourth-order valence-corrected chi connectivity index (χ4v) is 2.53. The Kier molecular flexibility index (Phi) is 3.67. The molecule has 0 atom stereocenters. The van der Waals surface area contributed by atoms with Crippen molar-refractivity contribution >= 4 is 28.2 Å². The number of pyridine rings is 1. The van der Waals surface area contributed by atoms with Crippen LogP contribution in [0.5, 0.6) is 5.75 Å². The number of nitrogens with zero attached hydrogens (tertiary/aromatic N) is 1. The maximum Gasteiger partial charge on any atom is 0.122 e. The Morgan fingerprint density at radius 3 is 2.71 bits per heavy atom. The average molecular weight is 299 g/mol. The summed E-state index contributed by atoms with van der Waals surface area (Å²) in [5.74, 6) is 0.194. The molecule has 0 aliphatic carbocycles. The summed E-state index contributed by atoms with van der Waals surface area (Å²) in [6.07, 6.45) is 0. The molecule has 0 aliphatic heterocycles. The van der Waals surface area contributed by atoms with Gasteiger partial charge in [0.15, 0.2) is 0 Å². The molecule has 0 saturated carbocycles. The minimum atomic E-state index is 0.194. The van der Waals surface area contributed by atoms with Crippen molar-refractivity contribution in [2.24, 2.45) is 0 Å². The van der Waals surface area contributed by atoms with Crippen molar-refractivity contribution in [1.82, 2.24) is 4.98 Å². The van der Waals surface area contributed by atoms with Crippen LogP contribution in [0.1, 0.15) is 11.3 Å². The van der Waals surface area contributed by atoms with Crippen LogP contribution in [0.2, 0.25) is 5.02 Å². The van der Waals surface area contributed by atoms with Crippen molar-refractivity contribution in [3.8, 4) is 5.75 Å². The second kappa shape index (κ2) is 5.62. The van der Waals surface area contributed by atoms with Crippen LogP contribution in [0, 0.1) is 6.92 Å². The highest BCUT2D eigenvalue weighted by molar-refractivity contribution is 6.31. The van der Waals surface area contributed by atoms with Gasteiger partial charge < -0.3 is 10.4 Å². The van der Waals surface area contributed by atoms with Crippen molar-refractivity contribution in [2.75, 3.05) is 5.32 Å². The highest BCUT2D eigenvalue weighted by atomic mass is 35.5. The average Bonchev–Trinajstić information content (AvgIpc) is 2.47. The predicted octanol–water partition coefficient (Wildman–Crippen LogP) is 4.51. The zero-order chi connectivity index (χ0) is 14.8. The molecule has 106 valence electrons. The van der Waals surface area contributed by atoms with Gasteiger partial charge in [0.05, 0.1) is 11.2 Å². The molecule has 0 bridgehead atoms. The van der Waals surface area contributed by atoms with E-state index in [0.717, 1.165) is 22.3 Å². The number of benzene rings is 2. The summed E-state index contributed by atoms with van der Waals surface area (Å²) in [6.45, 7) is 2.41. The van der Waals surface area contributed by atoms with Gasteiger partial charge in [-0.2, -0.15) is 0 Å². The molecule has 0 saturated heterocycles. The molecule has 2 N–H and O–H groups in total. The maximum absolute atomic E-state index is 9.89. The standard InChI is InChI=1S/C17H15ClN2O/c1-11-8-9-12-4-2-6-15(17(12)20-11)19-10-13-14(18)5-3-7-16(13)21/h2-9,19,21H,10H2,1H3. The van der Waals surface area contributed by atoms with Crippen LogP contribution >= 0.6 is 11.6 Å². The first-order valence-corrected chi connectivity index (χ1v) is 7.09. The minimum Gasteiger partial charge on any atom is -0.508 e. The number of aromatic nitrogens is 1. The van der Waals surface area contributed by atoms with E-state index in [-0.39, 0.29) is 5.75 Å². The lowest BCUT2D eigenvalue weighted by Gasteiger charge is -2.12. The molecule has 0 spiro atoms. The highest BCUT2D eigenvalue weighted by Gasteiger charge is 2.07. The number of halogens is 1. The van der Waals surface area contributed by atoms with Crippen molar-refractivity contribution < 1.29 is 5.11 Å². The Hall–Kier alpha value is -2.26. The van der Waals surface area contributed by atoms with E-state index < -0.39 is 0 Å². The zero-order valence-electron chi connectivity index (χ0n) is 11.6. The van der Waals surface area contributed by atoms with Gasteiger partial charge in [-0.3, -0.25) is 4.98 Å². The summed E-state index contributed by atoms with van der Waals surface area (Å²) >= 11 is 6.12. The van der Waals surface area contributed by atoms with Crippen molar-refractivity contribution in [3.63, 3.8) is 0 Å². The molecule has 0 amide bonds. The molecule has 0 unspecified atom stereocenters. The van der Waals surface area contributed by atoms with E-state index in [4.69, 9.17) is 11.6 Å². The molecule has 0 fully saturated rings. The Morgan fingerprint density at radius 1 is 1.10 bits per heavy atom. The lowest BCUT2D eigenvalue weighted by molar-refractivity contribution is 0.469. The molecular formula is C17H15ClN2O. The first-order valence-electron chi connectivity index (χ1n) is 6.72. The number of anilines is 1. The molecule has 0 aliphatic rings. The van der Waals surface area contributed by atoms with Crippen molar-refractivity contribution in [2.45, 2.75) is 13.5 Å². The van der Waals surface area contributed by atoms with E-state index >= 15 is 0 Å². The van der Waals surface area contributed by atoms with Gasteiger partial charge in [0.25, 0.3) is 0 Å². The van der Waals surface area contributed by atoms with E-state index in [0.29, 0.717) is 17.1 Å². The molecule has 3 rings (SSSR count). The number of para-hydroxylation sites is 1. The monoisotopic (exact) mass is 298 g/mol. The highest BCUT2D eigenvalue weighted by Crippen LogP contribution is 2.28. The van der Waals surface area contributed by atoms with E-state index in [1.165, 1.54) is 0 Å². The van der Waals surface area contributed by atoms with Gasteiger partial charge in [0, 0.05) is 28.2 Å². The molecular weight excluding hydrogens is 284 g/mol. The number of aromatic hydroxyl groups is 1. The Bertz CT molecular complexity index is 782. The predicted molar refractivity (Wildman–Crippen MR) is 86.9 cm³/mol. The Morgan fingerprint density at radius 2 is 1.90 bits per heavy atom. The normalized spacial score (nSPS) is 10.8. The van der Waals surface area contributed by atoms with Crippen LogP contribution < -0.4 is 5.32 Å². The fourth-order valence-electron chi connectivity index (χ4n) is 2.29. The first-order chi connectivity index (χ1) is 10.1. The summed E-state index contributed by atoms with van der Waals surface area (Å²) in [5, 5.41) is 14.8. The number of aryl methyl sites for hydroxylation is 1. The molecule has 0 radical (unpaired) electrons. The Labute approximate surface area is 128 Å². The van der Waals surface area contributed by atoms with Gasteiger partial charge in [-0.25, -0.2) is 0 Å². The third-order valence-corrected chi connectivity index (χ3v) is 3.76. The van der Waals surface area contributed by atoms with Gasteiger partial charge >= 0.3 is 0 Å². The van der Waals surface area contributed by atoms with Crippen LogP contribution in [0.15, 0.2) is 48.5 Å². The van der Waals surface area contributed by atoms with Crippen LogP contribution in [0.25, 0.3) is 10.9 Å². The van der Waals surface area contributed by atoms with Crippen molar-refractivity contribution in [1.29, 1.82) is 0 Å². The number of hydrogen-bond donors (Lipinski definition) is 2. The lowest BCUT2D eigenvalue weighted by Crippen LogP contribution is -2.02. The quantitative estimate of drug-likeness (QED) is 0.747. The van der Waals surface area contributed by atoms with Gasteiger partial charge in [-0.1, -0.05) is 35.9 Å². The topological polar surface area (TPSA) is 45.1 Å². The van der Waals surface area contributed by atoms with E-state index in [2.05, 4.69) is 16.4 Å². The third kappa shape index (κ3) is 2.78. The van der Waals surface area contributed by atoms with Crippen LogP contribution in [0.3, 0.4) is 0 Å². The largest absolute Gasteiger partial charge is 0.508 e. The van der Waals surface area contributed by atoms with E-state index in [1.807, 2.05) is 31.2 Å². The van der Waals surface area contributed by atoms with Crippen molar-refractivity contribution in [3.05, 3.63) is 64.8 Å². The number of rotatable bonds is 3. The summed E-state index contributed by atoms with van der Waals surface area (Å²) in [4.78, 5) is 4.57. The summed E-state index contributed by atoms with van der Waals surface area (Å²) in [6, 6.07) is 15.2. The zero-order valence-corrected chi connectivity index (χ0v) is 12.4. The summed E-state index contributed by atoms with van der Waals surface area (Å²) < 4.78 is 0. The van der Waals surface area contributed by atoms with Gasteiger partial charge in [0.1, 0.15) is 5.75 Å². The van der Waals surface area contributed by atoms with Crippen LogP contribution in [-0.2, 0) is 6.54 Å². The molecule has 2 aromatic carbocycles. The van der Waals surface area contributed by atoms with Crippen LogP contribution in [-0.4, -0.2) is 10.1 Å². The molecule has 1 heterocycles. The summed E-state index contributed by atoms with van der Waals surface area (Å²) in [5.41, 5.74) is 3.50. The first kappa shape index (κ1) is 13.7. The summed E-state index contributed by atoms with van der Waals surface area (Å²) in [7, 11) is 0. The van der Waals surface area contributed by atoms with Gasteiger partial charge in [-0.05, 0) is 31.2 Å². The fraction of sp³-hybridized carbons (Fsp3) is 0.118. The number of phenolic OH excluding ortho intramolecular Hbond substituents is 1. The lowest BCUT2D eigenvalue weighted by atomic mass is 10.1. The molecule has 3 aromatic rings. The smallest absolute Gasteiger partial charge is 0.122 e. The number of nitrogens with one attached hydrogen (secondary N) is 1. The Balaban J connectivity index is 1.94. The molecule has 3 nitrogen and oxygen atoms in total.